The number of rotatable bonds is 2. The number of amides is 2. The quantitative estimate of drug-likeness (QED) is 0.796. The van der Waals surface area contributed by atoms with E-state index >= 15 is 0 Å². The van der Waals surface area contributed by atoms with Crippen LogP contribution in [0.4, 0.5) is 10.5 Å². The number of benzene rings is 1. The van der Waals surface area contributed by atoms with Crippen LogP contribution in [0.2, 0.25) is 0 Å². The van der Waals surface area contributed by atoms with Crippen LogP contribution in [-0.4, -0.2) is 30.8 Å². The van der Waals surface area contributed by atoms with Gasteiger partial charge in [-0.1, -0.05) is 6.07 Å². The van der Waals surface area contributed by atoms with Gasteiger partial charge in [0.1, 0.15) is 5.75 Å². The molecule has 2 N–H and O–H groups in total. The molecule has 0 bridgehead atoms. The number of nitrogens with zero attached hydrogens (tertiary/aromatic N) is 1. The summed E-state index contributed by atoms with van der Waals surface area (Å²) in [5.41, 5.74) is 1.43. The molecule has 1 heterocycles. The predicted octanol–water partition coefficient (Wildman–Crippen LogP) is 0.809. The summed E-state index contributed by atoms with van der Waals surface area (Å²) in [4.78, 5) is 23.3. The molecule has 1 aliphatic rings. The lowest BCUT2D eigenvalue weighted by molar-refractivity contribution is -0.120. The second kappa shape index (κ2) is 4.32. The smallest absolute Gasteiger partial charge is 0.404 e. The third kappa shape index (κ3) is 2.30. The van der Waals surface area contributed by atoms with Gasteiger partial charge in [-0.15, -0.1) is 0 Å². The molecule has 0 unspecified atom stereocenters. The van der Waals surface area contributed by atoms with E-state index in [0.29, 0.717) is 11.4 Å². The van der Waals surface area contributed by atoms with Crippen molar-refractivity contribution in [2.75, 3.05) is 18.6 Å². The van der Waals surface area contributed by atoms with E-state index in [1.807, 2.05) is 0 Å². The number of nitrogens with one attached hydrogen (secondary N) is 1. The van der Waals surface area contributed by atoms with Crippen LogP contribution >= 0.6 is 0 Å². The number of ether oxygens (including phenoxy) is 1. The van der Waals surface area contributed by atoms with Crippen molar-refractivity contribution in [2.45, 2.75) is 6.54 Å². The Morgan fingerprint density at radius 3 is 3.06 bits per heavy atom. The molecular weight excluding hydrogens is 224 g/mol. The summed E-state index contributed by atoms with van der Waals surface area (Å²) in [6.07, 6.45) is -1.08. The summed E-state index contributed by atoms with van der Waals surface area (Å²) in [6.45, 7) is 0.237. The second-order valence-corrected chi connectivity index (χ2v) is 3.70. The van der Waals surface area contributed by atoms with Crippen LogP contribution in [0.15, 0.2) is 18.2 Å². The van der Waals surface area contributed by atoms with Gasteiger partial charge in [-0.05, 0) is 17.7 Å². The van der Waals surface area contributed by atoms with Crippen LogP contribution in [-0.2, 0) is 11.3 Å². The Kier molecular flexibility index (Phi) is 2.86. The highest BCUT2D eigenvalue weighted by molar-refractivity contribution is 5.97. The second-order valence-electron chi connectivity index (χ2n) is 3.70. The molecule has 0 fully saturated rings. The van der Waals surface area contributed by atoms with E-state index in [1.165, 1.54) is 4.90 Å². The minimum Gasteiger partial charge on any atom is -0.482 e. The first-order valence-electron chi connectivity index (χ1n) is 5.07. The summed E-state index contributed by atoms with van der Waals surface area (Å²) < 4.78 is 5.26. The maximum Gasteiger partial charge on any atom is 0.404 e. The topological polar surface area (TPSA) is 78.9 Å². The molecule has 0 aromatic heterocycles. The van der Waals surface area contributed by atoms with Gasteiger partial charge in [0.2, 0.25) is 0 Å². The first-order valence-corrected chi connectivity index (χ1v) is 5.07. The highest BCUT2D eigenvalue weighted by Crippen LogP contribution is 2.31. The Bertz CT molecular complexity index is 473. The fourth-order valence-electron chi connectivity index (χ4n) is 1.61. The van der Waals surface area contributed by atoms with Gasteiger partial charge in [0.05, 0.1) is 5.69 Å². The fourth-order valence-corrected chi connectivity index (χ4v) is 1.61. The van der Waals surface area contributed by atoms with Crippen LogP contribution in [0.5, 0.6) is 5.75 Å². The van der Waals surface area contributed by atoms with Crippen LogP contribution in [0.1, 0.15) is 5.56 Å². The molecule has 90 valence electrons. The summed E-state index contributed by atoms with van der Waals surface area (Å²) in [5.74, 6) is 0.506. The van der Waals surface area contributed by atoms with Crippen molar-refractivity contribution in [2.24, 2.45) is 0 Å². The first-order chi connectivity index (χ1) is 8.08. The minimum absolute atomic E-state index is 0.0379. The van der Waals surface area contributed by atoms with E-state index in [4.69, 9.17) is 9.84 Å². The van der Waals surface area contributed by atoms with Crippen molar-refractivity contribution in [1.29, 1.82) is 0 Å². The number of fused-ring (bicyclic) bond motifs is 1. The molecule has 1 aliphatic heterocycles. The van der Waals surface area contributed by atoms with Crippen LogP contribution in [0.3, 0.4) is 0 Å². The molecule has 0 saturated heterocycles. The van der Waals surface area contributed by atoms with Gasteiger partial charge in [-0.2, -0.15) is 0 Å². The number of carbonyl (C=O) groups excluding carboxylic acids is 1. The monoisotopic (exact) mass is 236 g/mol. The number of carboxylic acid groups (broad SMARTS) is 1. The normalized spacial score (nSPS) is 13.9. The zero-order valence-electron chi connectivity index (χ0n) is 9.27. The van der Waals surface area contributed by atoms with Gasteiger partial charge in [0.15, 0.2) is 6.61 Å². The van der Waals surface area contributed by atoms with E-state index in [0.717, 1.165) is 5.56 Å². The van der Waals surface area contributed by atoms with E-state index in [-0.39, 0.29) is 19.1 Å². The molecule has 2 rings (SSSR count). The van der Waals surface area contributed by atoms with Gasteiger partial charge in [-0.25, -0.2) is 4.79 Å². The molecule has 6 heteroatoms. The maximum atomic E-state index is 11.4. The molecule has 0 atom stereocenters. The minimum atomic E-state index is -1.08. The first kappa shape index (κ1) is 11.3. The molecular formula is C11H12N2O4. The fraction of sp³-hybridized carbons (Fsp3) is 0.273. The number of hydrogen-bond acceptors (Lipinski definition) is 3. The van der Waals surface area contributed by atoms with E-state index < -0.39 is 6.09 Å². The molecule has 0 spiro atoms. The Balaban J connectivity index is 2.23. The Morgan fingerprint density at radius 1 is 1.59 bits per heavy atom. The summed E-state index contributed by atoms with van der Waals surface area (Å²) in [5, 5.41) is 10.8. The van der Waals surface area contributed by atoms with Crippen molar-refractivity contribution in [3.8, 4) is 5.75 Å². The number of carbonyl (C=O) groups is 2. The van der Waals surface area contributed by atoms with Gasteiger partial charge in [0, 0.05) is 13.6 Å². The third-order valence-corrected chi connectivity index (χ3v) is 2.55. The predicted molar refractivity (Wildman–Crippen MR) is 60.2 cm³/mol. The Morgan fingerprint density at radius 2 is 2.35 bits per heavy atom. The highest BCUT2D eigenvalue weighted by atomic mass is 16.5. The van der Waals surface area contributed by atoms with Crippen molar-refractivity contribution in [1.82, 2.24) is 5.32 Å². The molecule has 0 saturated carbocycles. The van der Waals surface area contributed by atoms with Gasteiger partial charge in [-0.3, -0.25) is 4.79 Å². The average molecular weight is 236 g/mol. The van der Waals surface area contributed by atoms with Crippen LogP contribution < -0.4 is 15.0 Å². The van der Waals surface area contributed by atoms with Gasteiger partial charge < -0.3 is 20.1 Å². The van der Waals surface area contributed by atoms with Crippen molar-refractivity contribution >= 4 is 17.7 Å². The Hall–Kier alpha value is -2.24. The molecule has 0 aliphatic carbocycles. The van der Waals surface area contributed by atoms with Gasteiger partial charge >= 0.3 is 6.09 Å². The molecule has 17 heavy (non-hydrogen) atoms. The summed E-state index contributed by atoms with van der Waals surface area (Å²) in [7, 11) is 1.66. The molecule has 1 aromatic carbocycles. The number of likely N-dealkylation sites (N-methyl/N-ethyl adjacent to an activating group) is 1. The number of anilines is 1. The average Bonchev–Trinajstić information content (AvgIpc) is 2.31. The van der Waals surface area contributed by atoms with Crippen molar-refractivity contribution in [3.05, 3.63) is 23.8 Å². The zero-order chi connectivity index (χ0) is 12.4. The van der Waals surface area contributed by atoms with Crippen LogP contribution in [0.25, 0.3) is 0 Å². The maximum absolute atomic E-state index is 11.4. The molecule has 1 aromatic rings. The molecule has 0 radical (unpaired) electrons. The molecule has 2 amide bonds. The van der Waals surface area contributed by atoms with Crippen LogP contribution in [0, 0.1) is 0 Å². The lowest BCUT2D eigenvalue weighted by Gasteiger charge is -2.26. The molecule has 6 nitrogen and oxygen atoms in total. The largest absolute Gasteiger partial charge is 0.482 e. The lowest BCUT2D eigenvalue weighted by Crippen LogP contribution is -2.35. The lowest BCUT2D eigenvalue weighted by atomic mass is 10.1. The SMILES string of the molecule is CN1C(=O)COc2ccc(CNC(=O)O)cc21. The third-order valence-electron chi connectivity index (χ3n) is 2.55. The standard InChI is InChI=1S/C11H12N2O4/c1-13-8-4-7(5-12-11(15)16)2-3-9(8)17-6-10(13)14/h2-4,12H,5-6H2,1H3,(H,15,16). The van der Waals surface area contributed by atoms with E-state index in [1.54, 1.807) is 25.2 Å². The van der Waals surface area contributed by atoms with E-state index in [9.17, 15) is 9.59 Å². The van der Waals surface area contributed by atoms with Gasteiger partial charge in [0.25, 0.3) is 5.91 Å². The zero-order valence-corrected chi connectivity index (χ0v) is 9.27. The Labute approximate surface area is 97.8 Å². The highest BCUT2D eigenvalue weighted by Gasteiger charge is 2.22. The summed E-state index contributed by atoms with van der Waals surface area (Å²) in [6, 6.07) is 5.23. The summed E-state index contributed by atoms with van der Waals surface area (Å²) >= 11 is 0. The van der Waals surface area contributed by atoms with Crippen molar-refractivity contribution in [3.63, 3.8) is 0 Å². The van der Waals surface area contributed by atoms with Crippen molar-refractivity contribution < 1.29 is 19.4 Å². The van der Waals surface area contributed by atoms with E-state index in [2.05, 4.69) is 5.32 Å². The number of hydrogen-bond donors (Lipinski definition) is 2.